The second-order valence-corrected chi connectivity index (χ2v) is 8.24. The van der Waals surface area contributed by atoms with Crippen molar-refractivity contribution in [2.24, 2.45) is 5.92 Å². The molecule has 1 saturated carbocycles. The molecule has 0 N–H and O–H groups in total. The second-order valence-electron chi connectivity index (χ2n) is 3.78. The summed E-state index contributed by atoms with van der Waals surface area (Å²) in [5.74, 6) is 3.13. The Hall–Kier alpha value is -0.263. The molecule has 1 rings (SSSR count). The molecule has 56 valence electrons. The minimum Gasteiger partial charge on any atom is -0.413 e. The lowest BCUT2D eigenvalue weighted by molar-refractivity contribution is 0.287. The Morgan fingerprint density at radius 1 is 1.50 bits per heavy atom. The monoisotopic (exact) mass is 154 g/mol. The van der Waals surface area contributed by atoms with Gasteiger partial charge in [-0.05, 0) is 26.1 Å². The van der Waals surface area contributed by atoms with Crippen LogP contribution < -0.4 is 0 Å². The van der Waals surface area contributed by atoms with Gasteiger partial charge in [0.15, 0.2) is 8.32 Å². The standard InChI is InChI=1S/C8H14OSi/c1-5-7-6-8(7)9-10(2,3)4/h1,7-8H,6H2,2-4H3/t7-,8+/m1/s1. The summed E-state index contributed by atoms with van der Waals surface area (Å²) in [5.41, 5.74) is 0. The summed E-state index contributed by atoms with van der Waals surface area (Å²) in [6, 6.07) is 0. The molecule has 1 aliphatic carbocycles. The molecule has 1 aliphatic rings. The van der Waals surface area contributed by atoms with E-state index in [1.165, 1.54) is 0 Å². The molecule has 2 heteroatoms. The topological polar surface area (TPSA) is 9.23 Å². The van der Waals surface area contributed by atoms with E-state index in [0.29, 0.717) is 12.0 Å². The van der Waals surface area contributed by atoms with Gasteiger partial charge >= 0.3 is 0 Å². The molecule has 0 saturated heterocycles. The Balaban J connectivity index is 2.26. The average molecular weight is 154 g/mol. The smallest absolute Gasteiger partial charge is 0.184 e. The van der Waals surface area contributed by atoms with E-state index in [1.54, 1.807) is 0 Å². The van der Waals surface area contributed by atoms with Crippen molar-refractivity contribution >= 4 is 8.32 Å². The fourth-order valence-electron chi connectivity index (χ4n) is 0.931. The Bertz CT molecular complexity index is 163. The van der Waals surface area contributed by atoms with Crippen molar-refractivity contribution in [3.8, 4) is 12.3 Å². The van der Waals surface area contributed by atoms with Crippen LogP contribution in [0.3, 0.4) is 0 Å². The summed E-state index contributed by atoms with van der Waals surface area (Å²) in [7, 11) is -1.31. The molecule has 0 radical (unpaired) electrons. The van der Waals surface area contributed by atoms with Crippen molar-refractivity contribution in [1.29, 1.82) is 0 Å². The molecular formula is C8H14OSi. The first-order valence-corrected chi connectivity index (χ1v) is 7.08. The van der Waals surface area contributed by atoms with E-state index in [1.807, 2.05) is 0 Å². The van der Waals surface area contributed by atoms with E-state index >= 15 is 0 Å². The van der Waals surface area contributed by atoms with Gasteiger partial charge in [0.1, 0.15) is 0 Å². The van der Waals surface area contributed by atoms with Crippen molar-refractivity contribution in [3.05, 3.63) is 0 Å². The van der Waals surface area contributed by atoms with E-state index in [2.05, 4.69) is 25.6 Å². The Morgan fingerprint density at radius 3 is 2.40 bits per heavy atom. The molecule has 0 aromatic rings. The number of terminal acetylenes is 1. The highest BCUT2D eigenvalue weighted by molar-refractivity contribution is 6.69. The van der Waals surface area contributed by atoms with E-state index < -0.39 is 8.32 Å². The van der Waals surface area contributed by atoms with Gasteiger partial charge < -0.3 is 4.43 Å². The molecular weight excluding hydrogens is 140 g/mol. The minimum absolute atomic E-state index is 0.400. The van der Waals surface area contributed by atoms with Gasteiger partial charge in [0, 0.05) is 5.92 Å². The lowest BCUT2D eigenvalue weighted by atomic mass is 10.5. The third-order valence-electron chi connectivity index (χ3n) is 1.45. The van der Waals surface area contributed by atoms with Gasteiger partial charge in [0.25, 0.3) is 0 Å². The maximum absolute atomic E-state index is 5.75. The van der Waals surface area contributed by atoms with Crippen molar-refractivity contribution in [1.82, 2.24) is 0 Å². The molecule has 1 fully saturated rings. The van der Waals surface area contributed by atoms with Crippen LogP contribution in [0.2, 0.25) is 19.6 Å². The zero-order valence-corrected chi connectivity index (χ0v) is 7.85. The predicted octanol–water partition coefficient (Wildman–Crippen LogP) is 1.86. The minimum atomic E-state index is -1.31. The molecule has 0 aromatic heterocycles. The number of hydrogen-bond acceptors (Lipinski definition) is 1. The number of hydrogen-bond donors (Lipinski definition) is 0. The van der Waals surface area contributed by atoms with Gasteiger partial charge in [-0.15, -0.1) is 12.3 Å². The highest BCUT2D eigenvalue weighted by atomic mass is 28.4. The Labute approximate surface area is 63.9 Å². The summed E-state index contributed by atoms with van der Waals surface area (Å²) in [5, 5.41) is 0. The maximum Gasteiger partial charge on any atom is 0.184 e. The molecule has 0 aromatic carbocycles. The van der Waals surface area contributed by atoms with Crippen molar-refractivity contribution < 1.29 is 4.43 Å². The fourth-order valence-corrected chi connectivity index (χ4v) is 2.10. The number of rotatable bonds is 2. The van der Waals surface area contributed by atoms with Crippen LogP contribution >= 0.6 is 0 Å². The van der Waals surface area contributed by atoms with E-state index in [-0.39, 0.29) is 0 Å². The zero-order chi connectivity index (χ0) is 7.78. The largest absolute Gasteiger partial charge is 0.413 e. The van der Waals surface area contributed by atoms with Crippen LogP contribution in [0.25, 0.3) is 0 Å². The zero-order valence-electron chi connectivity index (χ0n) is 6.85. The van der Waals surface area contributed by atoms with Crippen LogP contribution in [-0.4, -0.2) is 14.4 Å². The molecule has 0 unspecified atom stereocenters. The first-order chi connectivity index (χ1) is 4.53. The van der Waals surface area contributed by atoms with Crippen molar-refractivity contribution in [3.63, 3.8) is 0 Å². The van der Waals surface area contributed by atoms with Crippen molar-refractivity contribution in [2.45, 2.75) is 32.2 Å². The lowest BCUT2D eigenvalue weighted by Crippen LogP contribution is -2.26. The maximum atomic E-state index is 5.75. The Morgan fingerprint density at radius 2 is 2.10 bits per heavy atom. The van der Waals surface area contributed by atoms with Gasteiger partial charge in [0.2, 0.25) is 0 Å². The van der Waals surface area contributed by atoms with Crippen LogP contribution in [-0.2, 0) is 4.43 Å². The van der Waals surface area contributed by atoms with Gasteiger partial charge in [-0.2, -0.15) is 0 Å². The summed E-state index contributed by atoms with van der Waals surface area (Å²) in [6.45, 7) is 6.58. The normalized spacial score (nSPS) is 31.4. The van der Waals surface area contributed by atoms with E-state index in [4.69, 9.17) is 10.8 Å². The SMILES string of the molecule is C#C[C@@H]1C[C@@H]1O[Si](C)(C)C. The third-order valence-corrected chi connectivity index (χ3v) is 2.46. The third kappa shape index (κ3) is 2.16. The molecule has 10 heavy (non-hydrogen) atoms. The predicted molar refractivity (Wildman–Crippen MR) is 45.2 cm³/mol. The molecule has 2 atom stereocenters. The van der Waals surface area contributed by atoms with Crippen LogP contribution in [0.1, 0.15) is 6.42 Å². The van der Waals surface area contributed by atoms with Crippen LogP contribution in [0, 0.1) is 18.3 Å². The fraction of sp³-hybridized carbons (Fsp3) is 0.750. The highest BCUT2D eigenvalue weighted by Gasteiger charge is 2.39. The van der Waals surface area contributed by atoms with Gasteiger partial charge in [-0.1, -0.05) is 0 Å². The van der Waals surface area contributed by atoms with Gasteiger partial charge in [-0.3, -0.25) is 0 Å². The molecule has 0 heterocycles. The molecule has 0 bridgehead atoms. The summed E-state index contributed by atoms with van der Waals surface area (Å²) < 4.78 is 5.75. The first kappa shape index (κ1) is 7.84. The lowest BCUT2D eigenvalue weighted by Gasteiger charge is -2.16. The van der Waals surface area contributed by atoms with Gasteiger partial charge in [0.05, 0.1) is 6.10 Å². The average Bonchev–Trinajstić information content (AvgIpc) is 2.42. The van der Waals surface area contributed by atoms with E-state index in [9.17, 15) is 0 Å². The van der Waals surface area contributed by atoms with E-state index in [0.717, 1.165) is 6.42 Å². The molecule has 0 amide bonds. The Kier molecular flexibility index (Phi) is 1.89. The summed E-state index contributed by atoms with van der Waals surface area (Å²) in [4.78, 5) is 0. The first-order valence-electron chi connectivity index (χ1n) is 3.67. The van der Waals surface area contributed by atoms with Crippen LogP contribution in [0.4, 0.5) is 0 Å². The van der Waals surface area contributed by atoms with Crippen LogP contribution in [0.15, 0.2) is 0 Å². The second kappa shape index (κ2) is 2.41. The molecule has 0 aliphatic heterocycles. The summed E-state index contributed by atoms with van der Waals surface area (Å²) in [6.07, 6.45) is 6.71. The molecule has 0 spiro atoms. The summed E-state index contributed by atoms with van der Waals surface area (Å²) >= 11 is 0. The van der Waals surface area contributed by atoms with Crippen LogP contribution in [0.5, 0.6) is 0 Å². The quantitative estimate of drug-likeness (QED) is 0.436. The highest BCUT2D eigenvalue weighted by Crippen LogP contribution is 2.34. The molecule has 1 nitrogen and oxygen atoms in total. The van der Waals surface area contributed by atoms with Crippen molar-refractivity contribution in [2.75, 3.05) is 0 Å². The van der Waals surface area contributed by atoms with Gasteiger partial charge in [-0.25, -0.2) is 0 Å².